The van der Waals surface area contributed by atoms with Gasteiger partial charge in [0.15, 0.2) is 5.84 Å². The molecular formula is C14H15N5O2. The number of likely N-dealkylation sites (tertiary alicyclic amines) is 1. The van der Waals surface area contributed by atoms with E-state index in [4.69, 9.17) is 10.9 Å². The quantitative estimate of drug-likeness (QED) is 0.370. The number of nitrogens with zero attached hydrogens (tertiary/aromatic N) is 4. The molecule has 1 aromatic carbocycles. The first kappa shape index (κ1) is 13.3. The first-order chi connectivity index (χ1) is 10.2. The molecule has 0 saturated carbocycles. The summed E-state index contributed by atoms with van der Waals surface area (Å²) in [5.74, 6) is -0.197. The number of carbonyl (C=O) groups excluding carboxylic acids is 1. The van der Waals surface area contributed by atoms with Crippen LogP contribution in [0.4, 0.5) is 0 Å². The largest absolute Gasteiger partial charge is 0.409 e. The van der Waals surface area contributed by atoms with Gasteiger partial charge in [0.05, 0.1) is 23.3 Å². The average molecular weight is 285 g/mol. The molecule has 2 heterocycles. The van der Waals surface area contributed by atoms with Gasteiger partial charge in [-0.1, -0.05) is 17.3 Å². The maximum Gasteiger partial charge on any atom is 0.274 e. The van der Waals surface area contributed by atoms with Crippen molar-refractivity contribution in [1.29, 1.82) is 0 Å². The molecule has 1 saturated heterocycles. The Hall–Kier alpha value is -2.70. The minimum atomic E-state index is -0.379. The summed E-state index contributed by atoms with van der Waals surface area (Å²) in [6, 6.07) is 6.99. The van der Waals surface area contributed by atoms with Crippen molar-refractivity contribution in [3.05, 3.63) is 36.2 Å². The second-order valence-corrected chi connectivity index (χ2v) is 4.93. The van der Waals surface area contributed by atoms with E-state index in [1.165, 1.54) is 6.20 Å². The molecule has 3 N–H and O–H groups in total. The number of amidine groups is 1. The van der Waals surface area contributed by atoms with Gasteiger partial charge in [0.1, 0.15) is 5.69 Å². The monoisotopic (exact) mass is 285 g/mol. The number of fused-ring (bicyclic) bond motifs is 1. The van der Waals surface area contributed by atoms with Crippen molar-refractivity contribution in [3.63, 3.8) is 0 Å². The number of aromatic nitrogens is 2. The Morgan fingerprint density at radius 1 is 1.38 bits per heavy atom. The van der Waals surface area contributed by atoms with E-state index in [-0.39, 0.29) is 23.5 Å². The molecule has 0 radical (unpaired) electrons. The summed E-state index contributed by atoms with van der Waals surface area (Å²) >= 11 is 0. The number of carbonyl (C=O) groups is 1. The van der Waals surface area contributed by atoms with E-state index in [2.05, 4.69) is 15.1 Å². The summed E-state index contributed by atoms with van der Waals surface area (Å²) in [6.07, 6.45) is 2.96. The van der Waals surface area contributed by atoms with E-state index in [1.807, 2.05) is 24.3 Å². The van der Waals surface area contributed by atoms with Gasteiger partial charge in [-0.05, 0) is 25.0 Å². The van der Waals surface area contributed by atoms with Gasteiger partial charge in [-0.3, -0.25) is 9.78 Å². The average Bonchev–Trinajstić information content (AvgIpc) is 3.02. The van der Waals surface area contributed by atoms with Crippen LogP contribution in [0.2, 0.25) is 0 Å². The SMILES string of the molecule is N/C(=N/O)C1CCCN1C(=O)c1cnc2ccccc2n1. The fourth-order valence-electron chi connectivity index (χ4n) is 2.59. The van der Waals surface area contributed by atoms with Gasteiger partial charge >= 0.3 is 0 Å². The summed E-state index contributed by atoms with van der Waals surface area (Å²) in [5, 5.41) is 11.8. The standard InChI is InChI=1S/C14H15N5O2/c15-13(18-21)12-6-3-7-19(12)14(20)11-8-16-9-4-1-2-5-10(9)17-11/h1-2,4-5,8,12,21H,3,6-7H2,(H2,15,18). The van der Waals surface area contributed by atoms with Crippen molar-refractivity contribution in [1.82, 2.24) is 14.9 Å². The number of hydrogen-bond acceptors (Lipinski definition) is 5. The maximum atomic E-state index is 12.6. The summed E-state index contributed by atoms with van der Waals surface area (Å²) in [7, 11) is 0. The summed E-state index contributed by atoms with van der Waals surface area (Å²) in [5.41, 5.74) is 7.32. The summed E-state index contributed by atoms with van der Waals surface area (Å²) in [4.78, 5) is 22.7. The first-order valence-electron chi connectivity index (χ1n) is 6.71. The highest BCUT2D eigenvalue weighted by atomic mass is 16.4. The van der Waals surface area contributed by atoms with Gasteiger partial charge in [0.25, 0.3) is 5.91 Å². The molecule has 0 aliphatic carbocycles. The molecule has 2 aromatic rings. The van der Waals surface area contributed by atoms with Crippen LogP contribution in [0.5, 0.6) is 0 Å². The van der Waals surface area contributed by atoms with Gasteiger partial charge in [0, 0.05) is 6.54 Å². The van der Waals surface area contributed by atoms with Gasteiger partial charge in [0.2, 0.25) is 0 Å². The van der Waals surface area contributed by atoms with Crippen molar-refractivity contribution in [3.8, 4) is 0 Å². The molecule has 21 heavy (non-hydrogen) atoms. The highest BCUT2D eigenvalue weighted by Gasteiger charge is 2.33. The van der Waals surface area contributed by atoms with Crippen molar-refractivity contribution in [2.24, 2.45) is 10.9 Å². The number of amides is 1. The molecule has 1 aromatic heterocycles. The lowest BCUT2D eigenvalue weighted by atomic mass is 10.2. The third-order valence-corrected chi connectivity index (χ3v) is 3.64. The summed E-state index contributed by atoms with van der Waals surface area (Å²) in [6.45, 7) is 0.564. The molecule has 1 amide bonds. The van der Waals surface area contributed by atoms with Crippen LogP contribution >= 0.6 is 0 Å². The minimum absolute atomic E-state index is 0.0506. The third-order valence-electron chi connectivity index (χ3n) is 3.64. The van der Waals surface area contributed by atoms with Gasteiger partial charge in [-0.15, -0.1) is 0 Å². The zero-order valence-corrected chi connectivity index (χ0v) is 11.3. The number of hydrogen-bond donors (Lipinski definition) is 2. The molecule has 1 aliphatic rings. The predicted molar refractivity (Wildman–Crippen MR) is 77.0 cm³/mol. The van der Waals surface area contributed by atoms with Crippen molar-refractivity contribution in [2.45, 2.75) is 18.9 Å². The molecule has 108 valence electrons. The topological polar surface area (TPSA) is 105 Å². The van der Waals surface area contributed by atoms with Crippen LogP contribution in [0.1, 0.15) is 23.3 Å². The van der Waals surface area contributed by atoms with Crippen molar-refractivity contribution < 1.29 is 10.0 Å². The Bertz CT molecular complexity index is 715. The van der Waals surface area contributed by atoms with Crippen LogP contribution in [0.15, 0.2) is 35.6 Å². The first-order valence-corrected chi connectivity index (χ1v) is 6.71. The van der Waals surface area contributed by atoms with E-state index < -0.39 is 0 Å². The molecule has 1 atom stereocenters. The fraction of sp³-hybridized carbons (Fsp3) is 0.286. The van der Waals surface area contributed by atoms with Crippen molar-refractivity contribution in [2.75, 3.05) is 6.54 Å². The Balaban J connectivity index is 1.92. The van der Waals surface area contributed by atoms with Crippen LogP contribution in [0, 0.1) is 0 Å². The lowest BCUT2D eigenvalue weighted by Crippen LogP contribution is -2.44. The van der Waals surface area contributed by atoms with Gasteiger partial charge < -0.3 is 15.8 Å². The molecule has 3 rings (SSSR count). The molecule has 1 fully saturated rings. The van der Waals surface area contributed by atoms with Gasteiger partial charge in [-0.2, -0.15) is 0 Å². The van der Waals surface area contributed by atoms with E-state index in [0.29, 0.717) is 18.5 Å². The lowest BCUT2D eigenvalue weighted by molar-refractivity contribution is 0.0762. The fourth-order valence-corrected chi connectivity index (χ4v) is 2.59. The van der Waals surface area contributed by atoms with Crippen LogP contribution in [0.3, 0.4) is 0 Å². The zero-order valence-electron chi connectivity index (χ0n) is 11.3. The predicted octanol–water partition coefficient (Wildman–Crippen LogP) is 0.981. The van der Waals surface area contributed by atoms with E-state index >= 15 is 0 Å². The molecule has 0 bridgehead atoms. The molecular weight excluding hydrogens is 270 g/mol. The Morgan fingerprint density at radius 2 is 2.14 bits per heavy atom. The lowest BCUT2D eigenvalue weighted by Gasteiger charge is -2.23. The van der Waals surface area contributed by atoms with E-state index in [0.717, 1.165) is 11.9 Å². The van der Waals surface area contributed by atoms with E-state index in [1.54, 1.807) is 4.90 Å². The van der Waals surface area contributed by atoms with Crippen LogP contribution in [-0.2, 0) is 0 Å². The Kier molecular flexibility index (Phi) is 3.39. The Morgan fingerprint density at radius 3 is 2.90 bits per heavy atom. The Labute approximate surface area is 121 Å². The molecule has 7 nitrogen and oxygen atoms in total. The second kappa shape index (κ2) is 5.35. The highest BCUT2D eigenvalue weighted by Crippen LogP contribution is 2.20. The number of nitrogens with two attached hydrogens (primary N) is 1. The highest BCUT2D eigenvalue weighted by molar-refractivity contribution is 5.98. The molecule has 1 unspecified atom stereocenters. The zero-order chi connectivity index (χ0) is 14.8. The number of benzene rings is 1. The minimum Gasteiger partial charge on any atom is -0.409 e. The van der Waals surface area contributed by atoms with Crippen LogP contribution in [0.25, 0.3) is 11.0 Å². The molecule has 0 spiro atoms. The van der Waals surface area contributed by atoms with E-state index in [9.17, 15) is 4.79 Å². The van der Waals surface area contributed by atoms with Gasteiger partial charge in [-0.25, -0.2) is 4.98 Å². The van der Waals surface area contributed by atoms with Crippen LogP contribution in [-0.4, -0.2) is 44.4 Å². The van der Waals surface area contributed by atoms with Crippen molar-refractivity contribution >= 4 is 22.8 Å². The third kappa shape index (κ3) is 2.37. The number of oxime groups is 1. The second-order valence-electron chi connectivity index (χ2n) is 4.93. The number of rotatable bonds is 2. The molecule has 1 aliphatic heterocycles. The normalized spacial score (nSPS) is 19.1. The molecule has 7 heteroatoms. The maximum absolute atomic E-state index is 12.6. The number of para-hydroxylation sites is 2. The smallest absolute Gasteiger partial charge is 0.274 e. The van der Waals surface area contributed by atoms with Crippen LogP contribution < -0.4 is 5.73 Å². The summed E-state index contributed by atoms with van der Waals surface area (Å²) < 4.78 is 0.